The number of amides is 2. The van der Waals surface area contributed by atoms with Crippen LogP contribution in [-0.2, 0) is 11.3 Å². The van der Waals surface area contributed by atoms with Gasteiger partial charge in [-0.15, -0.1) is 11.3 Å². The Morgan fingerprint density at radius 2 is 1.97 bits per heavy atom. The predicted molar refractivity (Wildman–Crippen MR) is 108 cm³/mol. The zero-order valence-electron chi connectivity index (χ0n) is 14.8. The van der Waals surface area contributed by atoms with E-state index in [0.29, 0.717) is 16.4 Å². The summed E-state index contributed by atoms with van der Waals surface area (Å²) in [6.45, 7) is -0.371. The highest BCUT2D eigenvalue weighted by molar-refractivity contribution is 7.14. The summed E-state index contributed by atoms with van der Waals surface area (Å²) in [7, 11) is 0. The number of carbonyl (C=O) groups excluding carboxylic acids is 2. The second-order valence-electron chi connectivity index (χ2n) is 6.13. The SMILES string of the molecule is NC(=O)c1cc(-c2csc(NC(=O)Cn3[nH]c(=O)c4ccccc4c3=O)n2)c[nH]1. The van der Waals surface area contributed by atoms with E-state index in [0.717, 1.165) is 4.68 Å². The van der Waals surface area contributed by atoms with Crippen LogP contribution >= 0.6 is 11.3 Å². The molecule has 0 radical (unpaired) electrons. The fourth-order valence-electron chi connectivity index (χ4n) is 2.81. The molecule has 0 unspecified atom stereocenters. The van der Waals surface area contributed by atoms with Gasteiger partial charge in [0.25, 0.3) is 17.0 Å². The van der Waals surface area contributed by atoms with Crippen molar-refractivity contribution in [2.24, 2.45) is 5.73 Å². The number of nitrogens with two attached hydrogens (primary N) is 1. The molecule has 0 atom stereocenters. The average molecular weight is 410 g/mol. The Balaban J connectivity index is 1.52. The van der Waals surface area contributed by atoms with E-state index in [1.54, 1.807) is 35.8 Å². The van der Waals surface area contributed by atoms with Crippen LogP contribution in [0.2, 0.25) is 0 Å². The molecule has 146 valence electrons. The van der Waals surface area contributed by atoms with Crippen LogP contribution in [0.3, 0.4) is 0 Å². The van der Waals surface area contributed by atoms with Crippen LogP contribution in [0.15, 0.2) is 51.5 Å². The first-order valence-corrected chi connectivity index (χ1v) is 9.26. The van der Waals surface area contributed by atoms with Crippen LogP contribution in [0.4, 0.5) is 5.13 Å². The minimum Gasteiger partial charge on any atom is -0.364 e. The van der Waals surface area contributed by atoms with E-state index in [-0.39, 0.29) is 23.0 Å². The van der Waals surface area contributed by atoms with Crippen molar-refractivity contribution in [3.05, 3.63) is 68.3 Å². The van der Waals surface area contributed by atoms with Crippen molar-refractivity contribution in [3.8, 4) is 11.3 Å². The van der Waals surface area contributed by atoms with Crippen LogP contribution in [0.1, 0.15) is 10.5 Å². The van der Waals surface area contributed by atoms with Gasteiger partial charge in [-0.2, -0.15) is 0 Å². The molecule has 0 bridgehead atoms. The van der Waals surface area contributed by atoms with Gasteiger partial charge in [0.15, 0.2) is 5.13 Å². The summed E-state index contributed by atoms with van der Waals surface area (Å²) in [5.74, 6) is -1.11. The molecule has 11 heteroatoms. The molecule has 3 heterocycles. The molecule has 3 aromatic heterocycles. The van der Waals surface area contributed by atoms with Gasteiger partial charge in [-0.1, -0.05) is 12.1 Å². The molecule has 0 saturated heterocycles. The monoisotopic (exact) mass is 410 g/mol. The fourth-order valence-corrected chi connectivity index (χ4v) is 3.54. The minimum atomic E-state index is -0.588. The molecule has 0 saturated carbocycles. The number of H-pyrrole nitrogens is 2. The molecule has 0 fully saturated rings. The molecule has 4 aromatic rings. The number of hydrogen-bond donors (Lipinski definition) is 4. The highest BCUT2D eigenvalue weighted by Crippen LogP contribution is 2.25. The molecule has 0 aliphatic carbocycles. The average Bonchev–Trinajstić information content (AvgIpc) is 3.35. The van der Waals surface area contributed by atoms with Crippen LogP contribution in [0.5, 0.6) is 0 Å². The number of aromatic amines is 2. The Kier molecular flexibility index (Phi) is 4.56. The highest BCUT2D eigenvalue weighted by Gasteiger charge is 2.13. The molecule has 0 aliphatic rings. The molecule has 10 nitrogen and oxygen atoms in total. The van der Waals surface area contributed by atoms with Crippen LogP contribution in [-0.4, -0.2) is 31.6 Å². The van der Waals surface area contributed by atoms with Gasteiger partial charge in [0.05, 0.1) is 16.5 Å². The summed E-state index contributed by atoms with van der Waals surface area (Å²) in [5.41, 5.74) is 5.72. The number of fused-ring (bicyclic) bond motifs is 1. The van der Waals surface area contributed by atoms with Crippen molar-refractivity contribution in [2.75, 3.05) is 5.32 Å². The van der Waals surface area contributed by atoms with Crippen LogP contribution in [0, 0.1) is 0 Å². The van der Waals surface area contributed by atoms with E-state index in [1.165, 1.54) is 17.4 Å². The summed E-state index contributed by atoms with van der Waals surface area (Å²) in [6, 6.07) is 7.94. The van der Waals surface area contributed by atoms with Crippen LogP contribution in [0.25, 0.3) is 22.0 Å². The molecule has 0 aliphatic heterocycles. The number of hydrogen-bond acceptors (Lipinski definition) is 6. The van der Waals surface area contributed by atoms with Gasteiger partial charge >= 0.3 is 0 Å². The van der Waals surface area contributed by atoms with E-state index >= 15 is 0 Å². The lowest BCUT2D eigenvalue weighted by molar-refractivity contribution is -0.117. The van der Waals surface area contributed by atoms with Crippen molar-refractivity contribution in [2.45, 2.75) is 6.54 Å². The fraction of sp³-hybridized carbons (Fsp3) is 0.0556. The van der Waals surface area contributed by atoms with Gasteiger partial charge in [-0.25, -0.2) is 9.67 Å². The first-order valence-electron chi connectivity index (χ1n) is 8.38. The predicted octanol–water partition coefficient (Wildman–Crippen LogP) is 0.879. The summed E-state index contributed by atoms with van der Waals surface area (Å²) in [6.07, 6.45) is 1.58. The number of primary amides is 1. The standard InChI is InChI=1S/C18H14N6O4S/c19-15(26)12-5-9(6-20-12)13-8-29-18(21-13)22-14(25)7-24-17(28)11-4-2-1-3-10(11)16(27)23-24/h1-6,8,20H,7H2,(H2,19,26)(H,23,27)(H,21,22,25). The molecule has 0 spiro atoms. The van der Waals surface area contributed by atoms with Crippen molar-refractivity contribution in [1.82, 2.24) is 19.7 Å². The number of thiazole rings is 1. The van der Waals surface area contributed by atoms with Crippen molar-refractivity contribution in [1.29, 1.82) is 0 Å². The second-order valence-corrected chi connectivity index (χ2v) is 6.99. The van der Waals surface area contributed by atoms with Gasteiger partial charge in [-0.05, 0) is 18.2 Å². The number of aromatic nitrogens is 4. The highest BCUT2D eigenvalue weighted by atomic mass is 32.1. The summed E-state index contributed by atoms with van der Waals surface area (Å²) in [5, 5.41) is 7.50. The van der Waals surface area contributed by atoms with Crippen molar-refractivity contribution < 1.29 is 9.59 Å². The maximum absolute atomic E-state index is 12.5. The smallest absolute Gasteiger partial charge is 0.273 e. The largest absolute Gasteiger partial charge is 0.364 e. The van der Waals surface area contributed by atoms with Crippen molar-refractivity contribution >= 4 is 39.1 Å². The Morgan fingerprint density at radius 1 is 1.21 bits per heavy atom. The molecule has 29 heavy (non-hydrogen) atoms. The minimum absolute atomic E-state index is 0.235. The van der Waals surface area contributed by atoms with E-state index in [9.17, 15) is 19.2 Å². The zero-order chi connectivity index (χ0) is 20.5. The van der Waals surface area contributed by atoms with Gasteiger partial charge in [0.2, 0.25) is 5.91 Å². The van der Waals surface area contributed by atoms with Gasteiger partial charge in [0.1, 0.15) is 12.2 Å². The summed E-state index contributed by atoms with van der Waals surface area (Å²) < 4.78 is 0.958. The lowest BCUT2D eigenvalue weighted by Crippen LogP contribution is -2.34. The number of rotatable bonds is 5. The maximum Gasteiger partial charge on any atom is 0.273 e. The lowest BCUT2D eigenvalue weighted by Gasteiger charge is -2.06. The first kappa shape index (κ1) is 18.4. The first-order chi connectivity index (χ1) is 13.9. The van der Waals surface area contributed by atoms with Crippen molar-refractivity contribution in [3.63, 3.8) is 0 Å². The van der Waals surface area contributed by atoms with E-state index in [2.05, 4.69) is 20.4 Å². The van der Waals surface area contributed by atoms with Crippen LogP contribution < -0.4 is 22.2 Å². The Bertz CT molecular complexity index is 1360. The van der Waals surface area contributed by atoms with Gasteiger partial charge in [0, 0.05) is 17.1 Å². The number of nitrogens with zero attached hydrogens (tertiary/aromatic N) is 2. The third kappa shape index (κ3) is 3.58. The second kappa shape index (κ2) is 7.20. The summed E-state index contributed by atoms with van der Waals surface area (Å²) >= 11 is 1.18. The number of carbonyl (C=O) groups is 2. The number of nitrogens with one attached hydrogen (secondary N) is 3. The van der Waals surface area contributed by atoms with Gasteiger partial charge in [-0.3, -0.25) is 24.3 Å². The summed E-state index contributed by atoms with van der Waals surface area (Å²) in [4.78, 5) is 55.1. The molecule has 1 aromatic carbocycles. The maximum atomic E-state index is 12.5. The quantitative estimate of drug-likeness (QED) is 0.384. The van der Waals surface area contributed by atoms with E-state index < -0.39 is 22.9 Å². The normalized spacial score (nSPS) is 10.9. The zero-order valence-corrected chi connectivity index (χ0v) is 15.6. The Hall–Kier alpha value is -3.99. The number of benzene rings is 1. The van der Waals surface area contributed by atoms with Gasteiger partial charge < -0.3 is 16.0 Å². The molecule has 2 amide bonds. The Labute approximate surface area is 166 Å². The topological polar surface area (TPSA) is 156 Å². The third-order valence-electron chi connectivity index (χ3n) is 4.18. The molecular weight excluding hydrogens is 396 g/mol. The molecule has 5 N–H and O–H groups in total. The molecular formula is C18H14N6O4S. The van der Waals surface area contributed by atoms with E-state index in [1.807, 2.05) is 0 Å². The number of anilines is 1. The van der Waals surface area contributed by atoms with E-state index in [4.69, 9.17) is 5.73 Å². The lowest BCUT2D eigenvalue weighted by atomic mass is 10.2. The third-order valence-corrected chi connectivity index (χ3v) is 4.94. The molecule has 4 rings (SSSR count). The Morgan fingerprint density at radius 3 is 2.69 bits per heavy atom.